The van der Waals surface area contributed by atoms with E-state index in [-0.39, 0.29) is 12.2 Å². The molecule has 0 radical (unpaired) electrons. The minimum Gasteiger partial charge on any atom is -0.478 e. The van der Waals surface area contributed by atoms with Crippen LogP contribution in [0, 0.1) is 0 Å². The molecule has 0 saturated heterocycles. The van der Waals surface area contributed by atoms with E-state index in [2.05, 4.69) is 0 Å². The predicted molar refractivity (Wildman–Crippen MR) is 100 cm³/mol. The molecule has 0 atom stereocenters. The summed E-state index contributed by atoms with van der Waals surface area (Å²) in [4.78, 5) is 23.6. The lowest BCUT2D eigenvalue weighted by Gasteiger charge is -2.11. The summed E-state index contributed by atoms with van der Waals surface area (Å²) in [5.74, 6) is -1.46. The number of hydrogen-bond donors (Lipinski definition) is 1. The van der Waals surface area contributed by atoms with E-state index >= 15 is 0 Å². The van der Waals surface area contributed by atoms with Gasteiger partial charge in [0.15, 0.2) is 0 Å². The van der Waals surface area contributed by atoms with Crippen molar-refractivity contribution in [2.24, 2.45) is 0 Å². The van der Waals surface area contributed by atoms with Crippen molar-refractivity contribution in [2.45, 2.75) is 26.9 Å². The van der Waals surface area contributed by atoms with E-state index < -0.39 is 11.9 Å². The molecule has 0 fully saturated rings. The fraction of sp³-hybridized carbons (Fsp3) is 0.182. The van der Waals surface area contributed by atoms with E-state index in [1.807, 2.05) is 60.7 Å². The van der Waals surface area contributed by atoms with Crippen LogP contribution in [-0.2, 0) is 27.4 Å². The van der Waals surface area contributed by atoms with Gasteiger partial charge < -0.3 is 9.84 Å². The summed E-state index contributed by atoms with van der Waals surface area (Å²) in [5.41, 5.74) is 3.10. The average molecular weight is 350 g/mol. The molecular formula is C22H22O4. The second-order valence-corrected chi connectivity index (χ2v) is 6.01. The molecule has 0 aliphatic heterocycles. The van der Waals surface area contributed by atoms with Crippen molar-refractivity contribution in [3.63, 3.8) is 0 Å². The summed E-state index contributed by atoms with van der Waals surface area (Å²) in [6, 6.07) is 19.0. The van der Waals surface area contributed by atoms with Crippen molar-refractivity contribution >= 4 is 11.9 Å². The molecule has 134 valence electrons. The summed E-state index contributed by atoms with van der Waals surface area (Å²) >= 11 is 0. The number of aliphatic carboxylic acids is 1. The Morgan fingerprint density at radius 1 is 0.923 bits per heavy atom. The van der Waals surface area contributed by atoms with Crippen LogP contribution < -0.4 is 0 Å². The standard InChI is InChI=1S/C22H22O4/c1-16(21(23)24)13-20(14-18-9-5-3-6-10-18)17(2)22(25)26-15-19-11-7-4-8-12-19/h3-13H,14-15H2,1-2H3,(H,23,24). The van der Waals surface area contributed by atoms with Crippen LogP contribution in [-0.4, -0.2) is 17.0 Å². The topological polar surface area (TPSA) is 63.6 Å². The van der Waals surface area contributed by atoms with Gasteiger partial charge in [-0.1, -0.05) is 60.7 Å². The molecule has 4 heteroatoms. The Balaban J connectivity index is 2.23. The smallest absolute Gasteiger partial charge is 0.334 e. The Hall–Kier alpha value is -3.14. The lowest BCUT2D eigenvalue weighted by atomic mass is 9.98. The molecule has 2 rings (SSSR count). The molecule has 0 aliphatic carbocycles. The summed E-state index contributed by atoms with van der Waals surface area (Å²) in [6.45, 7) is 3.35. The number of carboxylic acids is 1. The van der Waals surface area contributed by atoms with Gasteiger partial charge in [0.05, 0.1) is 0 Å². The maximum absolute atomic E-state index is 12.4. The highest BCUT2D eigenvalue weighted by atomic mass is 16.5. The largest absolute Gasteiger partial charge is 0.478 e. The van der Waals surface area contributed by atoms with E-state index in [4.69, 9.17) is 9.84 Å². The SMILES string of the molecule is CC(=CC(Cc1ccccc1)=C(C)C(=O)OCc1ccccc1)C(=O)O. The van der Waals surface area contributed by atoms with Crippen LogP contribution in [0.5, 0.6) is 0 Å². The zero-order chi connectivity index (χ0) is 18.9. The molecule has 2 aromatic carbocycles. The second kappa shape index (κ2) is 9.37. The second-order valence-electron chi connectivity index (χ2n) is 6.01. The highest BCUT2D eigenvalue weighted by Gasteiger charge is 2.13. The zero-order valence-electron chi connectivity index (χ0n) is 14.9. The predicted octanol–water partition coefficient (Wildman–Crippen LogP) is 4.32. The van der Waals surface area contributed by atoms with E-state index in [1.54, 1.807) is 6.92 Å². The normalized spacial score (nSPS) is 12.3. The molecule has 26 heavy (non-hydrogen) atoms. The Morgan fingerprint density at radius 3 is 2.00 bits per heavy atom. The van der Waals surface area contributed by atoms with Crippen LogP contribution in [0.3, 0.4) is 0 Å². The van der Waals surface area contributed by atoms with E-state index in [1.165, 1.54) is 13.0 Å². The van der Waals surface area contributed by atoms with Crippen molar-refractivity contribution in [3.05, 3.63) is 94.6 Å². The first-order chi connectivity index (χ1) is 12.5. The molecule has 0 aliphatic rings. The third kappa shape index (κ3) is 5.74. The van der Waals surface area contributed by atoms with Gasteiger partial charge in [0, 0.05) is 11.1 Å². The van der Waals surface area contributed by atoms with Crippen LogP contribution in [0.25, 0.3) is 0 Å². The van der Waals surface area contributed by atoms with Crippen LogP contribution in [0.2, 0.25) is 0 Å². The monoisotopic (exact) mass is 350 g/mol. The van der Waals surface area contributed by atoms with Gasteiger partial charge in [-0.05, 0) is 43.0 Å². The first kappa shape index (κ1) is 19.2. The number of esters is 1. The first-order valence-corrected chi connectivity index (χ1v) is 8.33. The third-order valence-corrected chi connectivity index (χ3v) is 3.97. The van der Waals surface area contributed by atoms with Gasteiger partial charge in [-0.25, -0.2) is 9.59 Å². The Bertz CT molecular complexity index is 818. The van der Waals surface area contributed by atoms with Crippen molar-refractivity contribution in [3.8, 4) is 0 Å². The average Bonchev–Trinajstić information content (AvgIpc) is 2.66. The van der Waals surface area contributed by atoms with Gasteiger partial charge in [0.2, 0.25) is 0 Å². The van der Waals surface area contributed by atoms with Gasteiger partial charge in [-0.2, -0.15) is 0 Å². The van der Waals surface area contributed by atoms with Gasteiger partial charge in [-0.15, -0.1) is 0 Å². The molecule has 0 heterocycles. The zero-order valence-corrected chi connectivity index (χ0v) is 14.9. The highest BCUT2D eigenvalue weighted by molar-refractivity contribution is 5.91. The number of ether oxygens (including phenoxy) is 1. The van der Waals surface area contributed by atoms with Crippen molar-refractivity contribution in [1.29, 1.82) is 0 Å². The molecule has 0 amide bonds. The molecule has 2 aromatic rings. The van der Waals surface area contributed by atoms with Crippen LogP contribution in [0.4, 0.5) is 0 Å². The molecule has 0 bridgehead atoms. The van der Waals surface area contributed by atoms with Gasteiger partial charge in [-0.3, -0.25) is 0 Å². The number of carboxylic acid groups (broad SMARTS) is 1. The Morgan fingerprint density at radius 2 is 1.46 bits per heavy atom. The Labute approximate surface area is 153 Å². The molecule has 0 saturated carbocycles. The lowest BCUT2D eigenvalue weighted by molar-refractivity contribution is -0.140. The number of benzene rings is 2. The molecule has 0 aromatic heterocycles. The quantitative estimate of drug-likeness (QED) is 0.459. The molecule has 0 unspecified atom stereocenters. The van der Waals surface area contributed by atoms with E-state index in [9.17, 15) is 9.59 Å². The van der Waals surface area contributed by atoms with E-state index in [0.717, 1.165) is 11.1 Å². The van der Waals surface area contributed by atoms with Crippen LogP contribution in [0.15, 0.2) is 83.5 Å². The molecule has 4 nitrogen and oxygen atoms in total. The van der Waals surface area contributed by atoms with Gasteiger partial charge >= 0.3 is 11.9 Å². The number of hydrogen-bond acceptors (Lipinski definition) is 3. The fourth-order valence-corrected chi connectivity index (χ4v) is 2.39. The minimum absolute atomic E-state index is 0.172. The first-order valence-electron chi connectivity index (χ1n) is 8.33. The van der Waals surface area contributed by atoms with Gasteiger partial charge in [0.1, 0.15) is 6.61 Å². The van der Waals surface area contributed by atoms with Crippen molar-refractivity contribution in [2.75, 3.05) is 0 Å². The van der Waals surface area contributed by atoms with Crippen LogP contribution in [0.1, 0.15) is 25.0 Å². The molecule has 0 spiro atoms. The minimum atomic E-state index is -1.01. The van der Waals surface area contributed by atoms with Crippen molar-refractivity contribution < 1.29 is 19.4 Å². The number of rotatable bonds is 7. The third-order valence-electron chi connectivity index (χ3n) is 3.97. The number of allylic oxidation sites excluding steroid dienone is 2. The molecular weight excluding hydrogens is 328 g/mol. The number of carbonyl (C=O) groups excluding carboxylic acids is 1. The summed E-state index contributed by atoms with van der Waals surface area (Å²) in [6.07, 6.45) is 1.99. The van der Waals surface area contributed by atoms with Crippen LogP contribution >= 0.6 is 0 Å². The van der Waals surface area contributed by atoms with Crippen molar-refractivity contribution in [1.82, 2.24) is 0 Å². The Kier molecular flexibility index (Phi) is 6.92. The summed E-state index contributed by atoms with van der Waals surface area (Å²) in [7, 11) is 0. The molecule has 1 N–H and O–H groups in total. The summed E-state index contributed by atoms with van der Waals surface area (Å²) in [5, 5.41) is 9.16. The fourth-order valence-electron chi connectivity index (χ4n) is 2.39. The summed E-state index contributed by atoms with van der Waals surface area (Å²) < 4.78 is 5.38. The number of carbonyl (C=O) groups is 2. The maximum atomic E-state index is 12.4. The maximum Gasteiger partial charge on any atom is 0.334 e. The van der Waals surface area contributed by atoms with Gasteiger partial charge in [0.25, 0.3) is 0 Å². The van der Waals surface area contributed by atoms with E-state index in [0.29, 0.717) is 17.6 Å². The lowest BCUT2D eigenvalue weighted by Crippen LogP contribution is -2.09. The highest BCUT2D eigenvalue weighted by Crippen LogP contribution is 2.17.